The number of hydrogen-bond acceptors (Lipinski definition) is 6. The van der Waals surface area contributed by atoms with Gasteiger partial charge in [-0.25, -0.2) is 4.98 Å². The summed E-state index contributed by atoms with van der Waals surface area (Å²) in [4.78, 5) is 26.5. The molecule has 0 radical (unpaired) electrons. The van der Waals surface area contributed by atoms with E-state index < -0.39 is 0 Å². The number of aromatic amines is 2. The lowest BCUT2D eigenvalue weighted by molar-refractivity contribution is 0.242. The van der Waals surface area contributed by atoms with Crippen LogP contribution in [-0.2, 0) is 19.5 Å². The number of nitrogens with one attached hydrogen (secondary N) is 2. The molecule has 0 aliphatic carbocycles. The molecule has 5 rings (SSSR count). The number of rotatable bonds is 4. The Labute approximate surface area is 173 Å². The van der Waals surface area contributed by atoms with Crippen LogP contribution in [0.4, 0.5) is 5.95 Å². The Bertz CT molecular complexity index is 1020. The number of nitrogens with zero attached hydrogens (tertiary/aromatic N) is 4. The van der Waals surface area contributed by atoms with Gasteiger partial charge in [-0.2, -0.15) is 5.10 Å². The monoisotopic (exact) mass is 410 g/mol. The molecule has 0 atom stereocenters. The van der Waals surface area contributed by atoms with Crippen molar-refractivity contribution < 1.29 is 0 Å². The molecule has 0 saturated carbocycles. The van der Waals surface area contributed by atoms with Gasteiger partial charge in [-0.15, -0.1) is 11.3 Å². The standard InChI is InChI=1S/C21H26N6OS/c28-20-16-14-26(13-15-12-22-25-19(15)18-6-5-11-29-18)10-7-17(16)23-21(24-20)27-8-3-1-2-4-9-27/h5-6,11-12H,1-4,7-10,13-14H2,(H,22,25)(H,23,24,28). The smallest absolute Gasteiger partial charge is 0.257 e. The fraction of sp³-hybridized carbons (Fsp3) is 0.476. The first-order valence-corrected chi connectivity index (χ1v) is 11.3. The first kappa shape index (κ1) is 18.6. The second-order valence-electron chi connectivity index (χ2n) is 7.92. The molecule has 0 unspecified atom stereocenters. The highest BCUT2D eigenvalue weighted by Crippen LogP contribution is 2.28. The lowest BCUT2D eigenvalue weighted by Gasteiger charge is -2.29. The van der Waals surface area contributed by atoms with Crippen LogP contribution in [-0.4, -0.2) is 44.7 Å². The molecule has 0 bridgehead atoms. The van der Waals surface area contributed by atoms with Gasteiger partial charge in [-0.1, -0.05) is 18.9 Å². The second kappa shape index (κ2) is 8.12. The summed E-state index contributed by atoms with van der Waals surface area (Å²) in [5, 5.41) is 9.44. The predicted molar refractivity (Wildman–Crippen MR) is 115 cm³/mol. The minimum atomic E-state index is 0.0182. The molecular weight excluding hydrogens is 384 g/mol. The second-order valence-corrected chi connectivity index (χ2v) is 8.87. The van der Waals surface area contributed by atoms with Crippen LogP contribution in [0.15, 0.2) is 28.5 Å². The average Bonchev–Trinajstić information content (AvgIpc) is 3.34. The van der Waals surface area contributed by atoms with Crippen LogP contribution in [0.2, 0.25) is 0 Å². The number of aromatic nitrogens is 4. The van der Waals surface area contributed by atoms with Gasteiger partial charge >= 0.3 is 0 Å². The topological polar surface area (TPSA) is 80.9 Å². The Hall–Kier alpha value is -2.45. The summed E-state index contributed by atoms with van der Waals surface area (Å²) >= 11 is 1.70. The van der Waals surface area contributed by atoms with Crippen molar-refractivity contribution in [1.82, 2.24) is 25.1 Å². The number of anilines is 1. The first-order chi connectivity index (χ1) is 14.3. The molecule has 29 heavy (non-hydrogen) atoms. The Morgan fingerprint density at radius 3 is 2.79 bits per heavy atom. The maximum absolute atomic E-state index is 12.8. The van der Waals surface area contributed by atoms with Gasteiger partial charge in [0.15, 0.2) is 0 Å². The highest BCUT2D eigenvalue weighted by atomic mass is 32.1. The third-order valence-electron chi connectivity index (χ3n) is 5.92. The maximum Gasteiger partial charge on any atom is 0.257 e. The number of hydrogen-bond donors (Lipinski definition) is 2. The van der Waals surface area contributed by atoms with Crippen LogP contribution < -0.4 is 10.5 Å². The Kier molecular flexibility index (Phi) is 5.20. The number of fused-ring (bicyclic) bond motifs is 1. The van der Waals surface area contributed by atoms with Crippen molar-refractivity contribution in [3.63, 3.8) is 0 Å². The van der Waals surface area contributed by atoms with E-state index in [0.29, 0.717) is 6.54 Å². The van der Waals surface area contributed by atoms with Crippen molar-refractivity contribution in [2.24, 2.45) is 0 Å². The zero-order chi connectivity index (χ0) is 19.6. The van der Waals surface area contributed by atoms with E-state index in [4.69, 9.17) is 4.98 Å². The highest BCUT2D eigenvalue weighted by Gasteiger charge is 2.24. The van der Waals surface area contributed by atoms with Crippen LogP contribution in [0.5, 0.6) is 0 Å². The average molecular weight is 411 g/mol. The van der Waals surface area contributed by atoms with E-state index >= 15 is 0 Å². The zero-order valence-electron chi connectivity index (χ0n) is 16.5. The van der Waals surface area contributed by atoms with Gasteiger partial charge < -0.3 is 4.90 Å². The van der Waals surface area contributed by atoms with E-state index in [-0.39, 0.29) is 5.56 Å². The molecule has 2 N–H and O–H groups in total. The Morgan fingerprint density at radius 2 is 2.00 bits per heavy atom. The lowest BCUT2D eigenvalue weighted by Crippen LogP contribution is -2.37. The largest absolute Gasteiger partial charge is 0.342 e. The summed E-state index contributed by atoms with van der Waals surface area (Å²) in [6.07, 6.45) is 7.59. The third-order valence-corrected chi connectivity index (χ3v) is 6.81. The Morgan fingerprint density at radius 1 is 1.14 bits per heavy atom. The first-order valence-electron chi connectivity index (χ1n) is 10.4. The van der Waals surface area contributed by atoms with E-state index in [1.54, 1.807) is 11.3 Å². The quantitative estimate of drug-likeness (QED) is 0.691. The van der Waals surface area contributed by atoms with Gasteiger partial charge in [0.25, 0.3) is 5.56 Å². The summed E-state index contributed by atoms with van der Waals surface area (Å²) in [5.41, 5.74) is 4.05. The van der Waals surface area contributed by atoms with Crippen molar-refractivity contribution in [3.8, 4) is 10.6 Å². The van der Waals surface area contributed by atoms with Crippen LogP contribution in [0.3, 0.4) is 0 Å². The van der Waals surface area contributed by atoms with E-state index in [1.165, 1.54) is 36.1 Å². The van der Waals surface area contributed by atoms with Crippen LogP contribution in [0.25, 0.3) is 10.6 Å². The van der Waals surface area contributed by atoms with Gasteiger partial charge in [0.2, 0.25) is 5.95 Å². The summed E-state index contributed by atoms with van der Waals surface area (Å²) in [5.74, 6) is 0.763. The summed E-state index contributed by atoms with van der Waals surface area (Å²) in [7, 11) is 0. The molecular formula is C21H26N6OS. The van der Waals surface area contributed by atoms with Crippen LogP contribution in [0, 0.1) is 0 Å². The minimum Gasteiger partial charge on any atom is -0.342 e. The molecule has 1 saturated heterocycles. The molecule has 0 aromatic carbocycles. The molecule has 7 nitrogen and oxygen atoms in total. The van der Waals surface area contributed by atoms with E-state index in [1.807, 2.05) is 6.20 Å². The lowest BCUT2D eigenvalue weighted by atomic mass is 10.1. The van der Waals surface area contributed by atoms with Crippen molar-refractivity contribution in [2.45, 2.75) is 45.2 Å². The molecule has 5 heterocycles. The SMILES string of the molecule is O=c1[nH]c(N2CCCCCC2)nc2c1CN(Cc1cn[nH]c1-c1cccs1)CC2. The van der Waals surface area contributed by atoms with Gasteiger partial charge in [-0.05, 0) is 24.3 Å². The molecule has 1 fully saturated rings. The molecule has 0 amide bonds. The highest BCUT2D eigenvalue weighted by molar-refractivity contribution is 7.13. The van der Waals surface area contributed by atoms with Crippen LogP contribution in [0.1, 0.15) is 42.5 Å². The fourth-order valence-electron chi connectivity index (χ4n) is 4.34. The zero-order valence-corrected chi connectivity index (χ0v) is 17.3. The van der Waals surface area contributed by atoms with Crippen molar-refractivity contribution in [2.75, 3.05) is 24.5 Å². The molecule has 152 valence electrons. The van der Waals surface area contributed by atoms with Gasteiger partial charge in [0.1, 0.15) is 0 Å². The van der Waals surface area contributed by atoms with E-state index in [2.05, 4.69) is 42.5 Å². The van der Waals surface area contributed by atoms with E-state index in [9.17, 15) is 4.79 Å². The van der Waals surface area contributed by atoms with Crippen molar-refractivity contribution in [1.29, 1.82) is 0 Å². The normalized spacial score (nSPS) is 17.9. The summed E-state index contributed by atoms with van der Waals surface area (Å²) < 4.78 is 0. The van der Waals surface area contributed by atoms with Crippen LogP contribution >= 0.6 is 11.3 Å². The van der Waals surface area contributed by atoms with E-state index in [0.717, 1.165) is 55.5 Å². The molecule has 2 aliphatic rings. The summed E-state index contributed by atoms with van der Waals surface area (Å²) in [6, 6.07) is 4.15. The molecule has 8 heteroatoms. The maximum atomic E-state index is 12.8. The van der Waals surface area contributed by atoms with Gasteiger partial charge in [0, 0.05) is 44.7 Å². The van der Waals surface area contributed by atoms with Gasteiger partial charge in [-0.3, -0.25) is 19.8 Å². The molecule has 3 aromatic heterocycles. The van der Waals surface area contributed by atoms with Gasteiger partial charge in [0.05, 0.1) is 28.0 Å². The fourth-order valence-corrected chi connectivity index (χ4v) is 5.10. The number of thiophene rings is 1. The minimum absolute atomic E-state index is 0.0182. The summed E-state index contributed by atoms with van der Waals surface area (Å²) in [6.45, 7) is 4.28. The molecule has 2 aliphatic heterocycles. The Balaban J connectivity index is 1.34. The number of H-pyrrole nitrogens is 2. The van der Waals surface area contributed by atoms with Crippen molar-refractivity contribution in [3.05, 3.63) is 50.9 Å². The molecule has 3 aromatic rings. The van der Waals surface area contributed by atoms with Crippen molar-refractivity contribution >= 4 is 17.3 Å². The molecule has 0 spiro atoms. The third kappa shape index (κ3) is 3.86. The predicted octanol–water partition coefficient (Wildman–Crippen LogP) is 3.16.